The molecule has 8 aromatic rings. The van der Waals surface area contributed by atoms with Crippen LogP contribution in [0, 0.1) is 12.1 Å². The van der Waals surface area contributed by atoms with Gasteiger partial charge in [0.1, 0.15) is 22.1 Å². The fraction of sp³-hybridized carbons (Fsp3) is 0.105. The Kier molecular flexibility index (Phi) is 11.3. The largest absolute Gasteiger partial charge is 0.481 e. The van der Waals surface area contributed by atoms with Gasteiger partial charge in [-0.2, -0.15) is 66.4 Å². The van der Waals surface area contributed by atoms with Crippen LogP contribution in [-0.4, -0.2) is 52.9 Å². The van der Waals surface area contributed by atoms with E-state index in [1.807, 2.05) is 97.1 Å². The van der Waals surface area contributed by atoms with Gasteiger partial charge in [-0.25, -0.2) is 0 Å². The van der Waals surface area contributed by atoms with E-state index < -0.39 is 6.10 Å². The molecule has 10 heteroatoms. The van der Waals surface area contributed by atoms with Crippen molar-refractivity contribution < 1.29 is 35.1 Å². The fourth-order valence-electron chi connectivity index (χ4n) is 4.95. The Hall–Kier alpha value is -5.41. The number of rotatable bonds is 5. The molecular weight excluding hydrogens is 781 g/mol. The van der Waals surface area contributed by atoms with Crippen molar-refractivity contribution in [2.24, 2.45) is 0 Å². The maximum absolute atomic E-state index is 8.70. The third kappa shape index (κ3) is 7.93. The Labute approximate surface area is 291 Å². The molecule has 0 aliphatic rings. The molecule has 48 heavy (non-hydrogen) atoms. The molecule has 9 nitrogen and oxygen atoms in total. The Bertz CT molecular complexity index is 2070. The van der Waals surface area contributed by atoms with Crippen LogP contribution < -0.4 is 0 Å². The van der Waals surface area contributed by atoms with E-state index in [2.05, 4.69) is 61.5 Å². The summed E-state index contributed by atoms with van der Waals surface area (Å²) in [4.78, 5) is 3.32. The fourth-order valence-corrected chi connectivity index (χ4v) is 4.95. The van der Waals surface area contributed by atoms with Crippen molar-refractivity contribution in [1.82, 2.24) is 30.0 Å². The minimum absolute atomic E-state index is 0. The van der Waals surface area contributed by atoms with Crippen molar-refractivity contribution >= 4 is 43.6 Å². The number of ether oxygens (including phenoxy) is 1. The first-order valence-corrected chi connectivity index (χ1v) is 15.2. The van der Waals surface area contributed by atoms with E-state index in [-0.39, 0.29) is 26.1 Å². The van der Waals surface area contributed by atoms with Gasteiger partial charge in [0.05, 0.1) is 12.7 Å². The molecule has 0 amide bonds. The number of aliphatic hydroxyl groups excluding tert-OH is 2. The van der Waals surface area contributed by atoms with Crippen LogP contribution >= 0.6 is 0 Å². The van der Waals surface area contributed by atoms with Crippen molar-refractivity contribution in [3.8, 4) is 11.4 Å². The smallest absolute Gasteiger partial charge is 0.274 e. The molecule has 0 aliphatic carbocycles. The molecule has 2 N–H and O–H groups in total. The predicted molar refractivity (Wildman–Crippen MR) is 184 cm³/mol. The van der Waals surface area contributed by atoms with Gasteiger partial charge in [0, 0.05) is 26.2 Å². The van der Waals surface area contributed by atoms with Gasteiger partial charge >= 0.3 is 0 Å². The second-order valence-corrected chi connectivity index (χ2v) is 10.5. The summed E-state index contributed by atoms with van der Waals surface area (Å²) in [5, 5.41) is 39.9. The minimum atomic E-state index is -0.656. The topological polar surface area (TPSA) is 111 Å². The second-order valence-electron chi connectivity index (χ2n) is 10.5. The van der Waals surface area contributed by atoms with E-state index in [0.717, 1.165) is 55.0 Å². The van der Waals surface area contributed by atoms with Crippen LogP contribution in [0.4, 0.5) is 0 Å². The van der Waals surface area contributed by atoms with Gasteiger partial charge < -0.3 is 14.9 Å². The molecule has 0 saturated carbocycles. The van der Waals surface area contributed by atoms with Crippen molar-refractivity contribution in [3.63, 3.8) is 0 Å². The van der Waals surface area contributed by atoms with Gasteiger partial charge in [-0.1, -0.05) is 60.7 Å². The van der Waals surface area contributed by atoms with Crippen molar-refractivity contribution in [1.29, 1.82) is 0 Å². The molecule has 0 spiro atoms. The number of aliphatic hydroxyl groups is 2. The summed E-state index contributed by atoms with van der Waals surface area (Å²) in [6, 6.07) is 46.4. The quantitative estimate of drug-likeness (QED) is 0.137. The van der Waals surface area contributed by atoms with E-state index >= 15 is 0 Å². The molecule has 0 fully saturated rings. The van der Waals surface area contributed by atoms with Crippen molar-refractivity contribution in [2.75, 3.05) is 6.61 Å². The minimum Gasteiger partial charge on any atom is -0.481 e. The Morgan fingerprint density at radius 2 is 1.04 bits per heavy atom. The summed E-state index contributed by atoms with van der Waals surface area (Å²) in [6.45, 7) is 3.70. The molecule has 2 aromatic heterocycles. The molecule has 1 unspecified atom stereocenters. The summed E-state index contributed by atoms with van der Waals surface area (Å²) in [6.07, 6.45) is 0.570. The maximum Gasteiger partial charge on any atom is 0.274 e. The van der Waals surface area contributed by atoms with E-state index in [1.165, 1.54) is 13.0 Å². The third-order valence-electron chi connectivity index (χ3n) is 7.05. The molecule has 1 atom stereocenters. The average molecular weight is 813 g/mol. The van der Waals surface area contributed by atoms with Crippen LogP contribution in [-0.2, 0) is 24.8 Å². The zero-order valence-corrected chi connectivity index (χ0v) is 28.6. The van der Waals surface area contributed by atoms with Gasteiger partial charge in [-0.3, -0.25) is 0 Å². The molecule has 0 aliphatic heterocycles. The Morgan fingerprint density at radius 1 is 0.667 bits per heavy atom. The molecule has 6 aromatic carbocycles. The standard InChI is InChI=1S/2C16H10N3.C6H12O3.Ir/c2*1-2-8-13-12(6-1)7-5-11-16(13)19-17-14-9-3-4-10-15(14)18-19;1-3-9-6(8)4-5(2)7;/h2*1-10H;4-5,7-8H,3H2,1-2H3;/q2*-1;;/b;;6-4+;. The molecule has 0 bridgehead atoms. The van der Waals surface area contributed by atoms with Crippen LogP contribution in [0.5, 0.6) is 0 Å². The summed E-state index contributed by atoms with van der Waals surface area (Å²) in [5.41, 5.74) is 5.34. The number of hydrogen-bond donors (Lipinski definition) is 2. The van der Waals surface area contributed by atoms with Gasteiger partial charge in [-0.15, -0.1) is 33.7 Å². The summed E-state index contributed by atoms with van der Waals surface area (Å²) in [5.74, 6) is -0.215. The van der Waals surface area contributed by atoms with Crippen molar-refractivity contribution in [2.45, 2.75) is 20.0 Å². The molecule has 1 radical (unpaired) electrons. The monoisotopic (exact) mass is 813 g/mol. The number of fused-ring (bicyclic) bond motifs is 4. The summed E-state index contributed by atoms with van der Waals surface area (Å²) >= 11 is 0. The molecule has 2 heterocycles. The predicted octanol–water partition coefficient (Wildman–Crippen LogP) is 7.55. The van der Waals surface area contributed by atoms with Crippen LogP contribution in [0.2, 0.25) is 0 Å². The van der Waals surface area contributed by atoms with E-state index in [0.29, 0.717) is 6.61 Å². The van der Waals surface area contributed by atoms with E-state index in [9.17, 15) is 0 Å². The summed E-state index contributed by atoms with van der Waals surface area (Å²) in [7, 11) is 0. The number of aromatic nitrogens is 6. The van der Waals surface area contributed by atoms with Gasteiger partial charge in [0.25, 0.3) is 5.95 Å². The second kappa shape index (κ2) is 15.9. The van der Waals surface area contributed by atoms with Gasteiger partial charge in [-0.05, 0) is 49.5 Å². The van der Waals surface area contributed by atoms with Gasteiger partial charge in [0.2, 0.25) is 0 Å². The van der Waals surface area contributed by atoms with Crippen LogP contribution in [0.15, 0.2) is 133 Å². The first-order valence-electron chi connectivity index (χ1n) is 15.2. The van der Waals surface area contributed by atoms with Crippen molar-refractivity contribution in [3.05, 3.63) is 145 Å². The third-order valence-corrected chi connectivity index (χ3v) is 7.05. The SMILES string of the molecule is CCO/C(O)=C/C(C)O.[Ir].[c-]1ccc2ccccc2c1-n1nc2ccccc2n1.[c-]1ccc2ccccc2c1-n1nc2ccccc2n1. The first-order chi connectivity index (χ1) is 23.0. The Morgan fingerprint density at radius 3 is 1.42 bits per heavy atom. The summed E-state index contributed by atoms with van der Waals surface area (Å²) < 4.78 is 4.61. The van der Waals surface area contributed by atoms with Crippen LogP contribution in [0.1, 0.15) is 13.8 Å². The molecule has 8 rings (SSSR count). The number of nitrogens with zero attached hydrogens (tertiary/aromatic N) is 6. The first kappa shape index (κ1) is 33.9. The molecular formula is C38H32IrN6O3-2. The molecule has 243 valence electrons. The molecule has 0 saturated heterocycles. The number of benzene rings is 6. The van der Waals surface area contributed by atoms with Crippen LogP contribution in [0.25, 0.3) is 55.0 Å². The van der Waals surface area contributed by atoms with E-state index in [1.54, 1.807) is 16.5 Å². The van der Waals surface area contributed by atoms with Crippen LogP contribution in [0.3, 0.4) is 0 Å². The maximum atomic E-state index is 8.70. The zero-order chi connectivity index (χ0) is 32.6. The Balaban J connectivity index is 0.000000149. The van der Waals surface area contributed by atoms with Gasteiger partial charge in [0.15, 0.2) is 0 Å². The average Bonchev–Trinajstić information content (AvgIpc) is 3.73. The number of hydrogen-bond acceptors (Lipinski definition) is 7. The normalized spacial score (nSPS) is 11.7. The zero-order valence-electron chi connectivity index (χ0n) is 26.2. The van der Waals surface area contributed by atoms with E-state index in [4.69, 9.17) is 10.2 Å².